The fourth-order valence-electron chi connectivity index (χ4n) is 4.87. The largest absolute Gasteiger partial charge is 0.495 e. The van der Waals surface area contributed by atoms with Gasteiger partial charge in [0.2, 0.25) is 5.91 Å². The first kappa shape index (κ1) is 30.7. The van der Waals surface area contributed by atoms with Gasteiger partial charge in [0, 0.05) is 43.8 Å². The molecule has 2 heterocycles. The predicted molar refractivity (Wildman–Crippen MR) is 154 cm³/mol. The highest BCUT2D eigenvalue weighted by Crippen LogP contribution is 2.32. The number of alkyl halides is 4. The van der Waals surface area contributed by atoms with Gasteiger partial charge in [-0.15, -0.1) is 0 Å². The Kier molecular flexibility index (Phi) is 9.63. The van der Waals surface area contributed by atoms with Gasteiger partial charge in [-0.2, -0.15) is 13.2 Å². The minimum Gasteiger partial charge on any atom is -0.495 e. The molecule has 2 N–H and O–H groups in total. The molecule has 0 saturated carbocycles. The summed E-state index contributed by atoms with van der Waals surface area (Å²) in [5, 5.41) is 6.75. The number of carbonyl (C=O) groups is 2. The summed E-state index contributed by atoms with van der Waals surface area (Å²) in [6.07, 6.45) is -4.64. The number of likely N-dealkylation sites (tertiary alicyclic amines) is 1. The van der Waals surface area contributed by atoms with E-state index in [0.29, 0.717) is 52.8 Å². The van der Waals surface area contributed by atoms with Crippen LogP contribution in [0.2, 0.25) is 0 Å². The first-order chi connectivity index (χ1) is 20.0. The third-order valence-electron chi connectivity index (χ3n) is 7.05. The number of nitrogens with one attached hydrogen (secondary N) is 2. The number of methoxy groups -OCH3 is 1. The third-order valence-corrected chi connectivity index (χ3v) is 7.05. The zero-order valence-corrected chi connectivity index (χ0v) is 23.6. The lowest BCUT2D eigenvalue weighted by Gasteiger charge is -2.35. The van der Waals surface area contributed by atoms with Gasteiger partial charge in [0.25, 0.3) is 0 Å². The lowest BCUT2D eigenvalue weighted by Crippen LogP contribution is -2.50. The molecule has 2 aromatic carbocycles. The molecule has 1 aromatic heterocycles. The summed E-state index contributed by atoms with van der Waals surface area (Å²) in [6, 6.07) is 10.8. The van der Waals surface area contributed by atoms with E-state index in [-0.39, 0.29) is 31.2 Å². The number of aromatic nitrogens is 1. The lowest BCUT2D eigenvalue weighted by molar-refractivity contribution is -0.140. The minimum absolute atomic E-state index is 0.0781. The number of carbonyl (C=O) groups excluding carboxylic acids is 2. The number of rotatable bonds is 9. The number of fused-ring (bicyclic) bond motifs is 1. The number of aldehydes is 1. The number of nitrogens with zero attached hydrogens (tertiary/aromatic N) is 3. The first-order valence-corrected chi connectivity index (χ1v) is 13.4. The number of hydrogen-bond donors (Lipinski definition) is 2. The quantitative estimate of drug-likeness (QED) is 0.220. The Morgan fingerprint density at radius 1 is 1.19 bits per heavy atom. The summed E-state index contributed by atoms with van der Waals surface area (Å²) >= 11 is 0. The number of amides is 1. The maximum absolute atomic E-state index is 15.1. The lowest BCUT2D eigenvalue weighted by atomic mass is 10.0. The number of anilines is 2. The number of hydrogen-bond acceptors (Lipinski definition) is 6. The maximum Gasteiger partial charge on any atom is 0.406 e. The van der Waals surface area contributed by atoms with Gasteiger partial charge in [-0.3, -0.25) is 14.5 Å². The van der Waals surface area contributed by atoms with Gasteiger partial charge >= 0.3 is 6.18 Å². The summed E-state index contributed by atoms with van der Waals surface area (Å²) < 4.78 is 62.2. The highest BCUT2D eigenvalue weighted by Gasteiger charge is 2.32. The highest BCUT2D eigenvalue weighted by atomic mass is 19.4. The van der Waals surface area contributed by atoms with Gasteiger partial charge < -0.3 is 24.8 Å². The number of benzene rings is 2. The van der Waals surface area contributed by atoms with Crippen LogP contribution in [0.5, 0.6) is 5.75 Å². The molecule has 1 aliphatic rings. The van der Waals surface area contributed by atoms with E-state index in [1.165, 1.54) is 12.0 Å². The third kappa shape index (κ3) is 7.53. The van der Waals surface area contributed by atoms with Gasteiger partial charge in [-0.05, 0) is 48.7 Å². The summed E-state index contributed by atoms with van der Waals surface area (Å²) in [7, 11) is 4.76. The molecule has 2 unspecified atom stereocenters. The summed E-state index contributed by atoms with van der Waals surface area (Å²) in [5.41, 5.74) is 2.02. The van der Waals surface area contributed by atoms with E-state index >= 15 is 4.39 Å². The molecular formula is C30H33F4N5O3. The van der Waals surface area contributed by atoms with Crippen LogP contribution in [0.4, 0.5) is 28.9 Å². The van der Waals surface area contributed by atoms with Gasteiger partial charge in [0.1, 0.15) is 24.8 Å². The number of ether oxygens (including phenoxy) is 1. The Morgan fingerprint density at radius 3 is 2.64 bits per heavy atom. The van der Waals surface area contributed by atoms with E-state index in [9.17, 15) is 22.8 Å². The number of halogens is 4. The van der Waals surface area contributed by atoms with E-state index in [1.807, 2.05) is 0 Å². The van der Waals surface area contributed by atoms with E-state index in [4.69, 9.17) is 4.74 Å². The summed E-state index contributed by atoms with van der Waals surface area (Å²) in [6.45, 7) is -0.413. The predicted octanol–water partition coefficient (Wildman–Crippen LogP) is 4.40. The van der Waals surface area contributed by atoms with Crippen molar-refractivity contribution in [2.75, 3.05) is 58.0 Å². The van der Waals surface area contributed by atoms with E-state index in [0.717, 1.165) is 4.57 Å². The Labute approximate surface area is 241 Å². The van der Waals surface area contributed by atoms with Gasteiger partial charge in [-0.1, -0.05) is 12.0 Å². The summed E-state index contributed by atoms with van der Waals surface area (Å²) in [5.74, 6) is 6.03. The highest BCUT2D eigenvalue weighted by molar-refractivity contribution is 5.94. The van der Waals surface area contributed by atoms with E-state index < -0.39 is 24.9 Å². The Balaban J connectivity index is 1.55. The minimum atomic E-state index is -4.49. The average Bonchev–Trinajstić information content (AvgIpc) is 3.28. The van der Waals surface area contributed by atoms with Crippen molar-refractivity contribution in [3.05, 3.63) is 53.7 Å². The van der Waals surface area contributed by atoms with E-state index in [2.05, 4.69) is 22.5 Å². The molecule has 0 spiro atoms. The smallest absolute Gasteiger partial charge is 0.406 e. The van der Waals surface area contributed by atoms with E-state index in [1.54, 1.807) is 61.5 Å². The topological polar surface area (TPSA) is 78.8 Å². The van der Waals surface area contributed by atoms with Crippen LogP contribution < -0.4 is 15.4 Å². The molecular weight excluding hydrogens is 554 g/mol. The van der Waals surface area contributed by atoms with Crippen molar-refractivity contribution in [2.45, 2.75) is 31.4 Å². The van der Waals surface area contributed by atoms with Crippen molar-refractivity contribution in [3.8, 4) is 17.6 Å². The first-order valence-electron chi connectivity index (χ1n) is 13.4. The van der Waals surface area contributed by atoms with Gasteiger partial charge in [0.05, 0.1) is 43.1 Å². The van der Waals surface area contributed by atoms with Crippen molar-refractivity contribution >= 4 is 34.5 Å². The zero-order chi connectivity index (χ0) is 30.4. The van der Waals surface area contributed by atoms with Crippen molar-refractivity contribution in [2.24, 2.45) is 0 Å². The molecule has 1 fully saturated rings. The molecule has 0 aliphatic carbocycles. The molecule has 12 heteroatoms. The molecule has 224 valence electrons. The molecule has 8 nitrogen and oxygen atoms in total. The normalized spacial score (nSPS) is 17.3. The average molecular weight is 588 g/mol. The Hall–Kier alpha value is -4.24. The van der Waals surface area contributed by atoms with Crippen LogP contribution in [-0.2, 0) is 11.3 Å². The molecule has 3 aromatic rings. The van der Waals surface area contributed by atoms with Crippen molar-refractivity contribution in [1.82, 2.24) is 14.4 Å². The Bertz CT molecular complexity index is 1490. The van der Waals surface area contributed by atoms with Crippen LogP contribution in [0.25, 0.3) is 10.9 Å². The van der Waals surface area contributed by atoms with Crippen molar-refractivity contribution < 1.29 is 31.9 Å². The second-order valence-corrected chi connectivity index (χ2v) is 10.3. The molecule has 1 saturated heterocycles. The van der Waals surface area contributed by atoms with Crippen LogP contribution >= 0.6 is 0 Å². The fourth-order valence-corrected chi connectivity index (χ4v) is 4.87. The number of piperidine rings is 1. The second-order valence-electron chi connectivity index (χ2n) is 10.3. The van der Waals surface area contributed by atoms with Crippen molar-refractivity contribution in [1.29, 1.82) is 0 Å². The van der Waals surface area contributed by atoms with Crippen LogP contribution in [0.1, 0.15) is 22.5 Å². The molecule has 1 amide bonds. The molecule has 2 atom stereocenters. The molecule has 4 rings (SSSR count). The van der Waals surface area contributed by atoms with Crippen LogP contribution in [0, 0.1) is 11.8 Å². The van der Waals surface area contributed by atoms with Crippen molar-refractivity contribution in [3.63, 3.8) is 0 Å². The second kappa shape index (κ2) is 13.2. The number of likely N-dealkylation sites (N-methyl/N-ethyl adjacent to an activating group) is 1. The van der Waals surface area contributed by atoms with Crippen LogP contribution in [0.3, 0.4) is 0 Å². The standard InChI is InChI=1S/C30H33F4N5O3/c1-37(2)29(41)17-38-13-11-25(23(31)16-38)36-24-7-4-8-27-22(24)15-21(39(27)19-30(32,33)34)6-5-12-35-26-10-9-20(18-40)14-28(26)42-3/h4,7-10,14-15,18,23,25,35-36H,11-13,16-17,19H2,1-3H3. The molecule has 0 radical (unpaired) electrons. The van der Waals surface area contributed by atoms with Gasteiger partial charge in [0.15, 0.2) is 0 Å². The molecule has 1 aliphatic heterocycles. The zero-order valence-electron chi connectivity index (χ0n) is 23.6. The molecule has 0 bridgehead atoms. The van der Waals surface area contributed by atoms with Gasteiger partial charge in [-0.25, -0.2) is 4.39 Å². The maximum atomic E-state index is 15.1. The SMILES string of the molecule is COc1cc(C=O)ccc1NCC#Cc1cc2c(NC3CCN(CC(=O)N(C)C)CC3F)cccc2n1CC(F)(F)F. The molecule has 42 heavy (non-hydrogen) atoms. The monoisotopic (exact) mass is 587 g/mol. The fraction of sp³-hybridized carbons (Fsp3) is 0.400. The summed E-state index contributed by atoms with van der Waals surface area (Å²) in [4.78, 5) is 26.3. The Morgan fingerprint density at radius 2 is 1.98 bits per heavy atom. The van der Waals surface area contributed by atoms with Crippen LogP contribution in [-0.4, -0.2) is 92.3 Å². The van der Waals surface area contributed by atoms with Crippen LogP contribution in [0.15, 0.2) is 42.5 Å².